The summed E-state index contributed by atoms with van der Waals surface area (Å²) in [5, 5.41) is 0. The maximum Gasteiger partial charge on any atom is 0.236 e. The summed E-state index contributed by atoms with van der Waals surface area (Å²) in [6, 6.07) is 0. The summed E-state index contributed by atoms with van der Waals surface area (Å²) < 4.78 is 11.3. The van der Waals surface area contributed by atoms with Gasteiger partial charge in [-0.3, -0.25) is 4.79 Å². The molecule has 18 heavy (non-hydrogen) atoms. The largest absolute Gasteiger partial charge is 0.347 e. The Morgan fingerprint density at radius 1 is 1.33 bits per heavy atom. The fourth-order valence-electron chi connectivity index (χ4n) is 2.56. The molecule has 2 fully saturated rings. The first-order valence-electron chi connectivity index (χ1n) is 6.88. The smallest absolute Gasteiger partial charge is 0.236 e. The highest BCUT2D eigenvalue weighted by molar-refractivity contribution is 9.10. The zero-order valence-corrected chi connectivity index (χ0v) is 12.6. The van der Waals surface area contributed by atoms with Crippen molar-refractivity contribution in [2.45, 2.75) is 49.6 Å². The zero-order valence-electron chi connectivity index (χ0n) is 11.0. The molecular formula is C13H22BrNO3. The van der Waals surface area contributed by atoms with Crippen LogP contribution in [0.5, 0.6) is 0 Å². The Morgan fingerprint density at radius 2 is 1.94 bits per heavy atom. The van der Waals surface area contributed by atoms with Crippen molar-refractivity contribution < 1.29 is 14.3 Å². The molecule has 0 radical (unpaired) electrons. The molecule has 2 saturated heterocycles. The Hall–Kier alpha value is -0.130. The van der Waals surface area contributed by atoms with Crippen LogP contribution in [-0.4, -0.2) is 47.7 Å². The van der Waals surface area contributed by atoms with Crippen LogP contribution < -0.4 is 0 Å². The fraction of sp³-hybridized carbons (Fsp3) is 0.923. The summed E-state index contributed by atoms with van der Waals surface area (Å²) in [5.74, 6) is -0.168. The molecular weight excluding hydrogens is 298 g/mol. The quantitative estimate of drug-likeness (QED) is 0.746. The van der Waals surface area contributed by atoms with Crippen LogP contribution in [-0.2, 0) is 14.3 Å². The third-order valence-corrected chi connectivity index (χ3v) is 4.58. The third kappa shape index (κ3) is 3.25. The van der Waals surface area contributed by atoms with E-state index in [0.717, 1.165) is 45.2 Å². The van der Waals surface area contributed by atoms with Crippen molar-refractivity contribution in [3.63, 3.8) is 0 Å². The molecule has 2 aliphatic heterocycles. The lowest BCUT2D eigenvalue weighted by Gasteiger charge is -2.38. The number of carbonyl (C=O) groups excluding carboxylic acids is 1. The van der Waals surface area contributed by atoms with Crippen LogP contribution in [0.2, 0.25) is 0 Å². The van der Waals surface area contributed by atoms with E-state index in [9.17, 15) is 4.79 Å². The fourth-order valence-corrected chi connectivity index (χ4v) is 3.17. The molecule has 2 rings (SSSR count). The summed E-state index contributed by atoms with van der Waals surface area (Å²) >= 11 is 3.50. The van der Waals surface area contributed by atoms with Crippen LogP contribution in [0.15, 0.2) is 0 Å². The SMILES string of the molecule is CCCCC(Br)C(=O)N1CCC2(CC1)OCCO2. The predicted molar refractivity (Wildman–Crippen MR) is 72.7 cm³/mol. The minimum absolute atomic E-state index is 0.0306. The first-order chi connectivity index (χ1) is 8.67. The van der Waals surface area contributed by atoms with E-state index in [2.05, 4.69) is 22.9 Å². The van der Waals surface area contributed by atoms with E-state index in [1.807, 2.05) is 4.90 Å². The number of unbranched alkanes of at least 4 members (excludes halogenated alkanes) is 1. The molecule has 104 valence electrons. The van der Waals surface area contributed by atoms with E-state index in [1.54, 1.807) is 0 Å². The van der Waals surface area contributed by atoms with Gasteiger partial charge in [-0.15, -0.1) is 0 Å². The first kappa shape index (κ1) is 14.3. The van der Waals surface area contributed by atoms with Crippen molar-refractivity contribution in [1.82, 2.24) is 4.90 Å². The number of likely N-dealkylation sites (tertiary alicyclic amines) is 1. The number of nitrogens with zero attached hydrogens (tertiary/aromatic N) is 1. The molecule has 1 spiro atoms. The van der Waals surface area contributed by atoms with E-state index in [4.69, 9.17) is 9.47 Å². The number of rotatable bonds is 4. The predicted octanol–water partition coefficient (Wildman–Crippen LogP) is 2.31. The van der Waals surface area contributed by atoms with Crippen LogP contribution in [0, 0.1) is 0 Å². The van der Waals surface area contributed by atoms with Crippen molar-refractivity contribution in [3.05, 3.63) is 0 Å². The summed E-state index contributed by atoms with van der Waals surface area (Å²) in [6.45, 7) is 5.00. The van der Waals surface area contributed by atoms with E-state index >= 15 is 0 Å². The standard InChI is InChI=1S/C13H22BrNO3/c1-2-3-4-11(14)12(16)15-7-5-13(6-8-15)17-9-10-18-13/h11H,2-10H2,1H3. The third-order valence-electron chi connectivity index (χ3n) is 3.73. The van der Waals surface area contributed by atoms with Gasteiger partial charge < -0.3 is 14.4 Å². The molecule has 5 heteroatoms. The van der Waals surface area contributed by atoms with Gasteiger partial charge in [-0.05, 0) is 6.42 Å². The summed E-state index contributed by atoms with van der Waals surface area (Å²) in [6.07, 6.45) is 4.73. The molecule has 2 heterocycles. The van der Waals surface area contributed by atoms with Gasteiger partial charge in [0.2, 0.25) is 5.91 Å². The second-order valence-corrected chi connectivity index (χ2v) is 6.15. The lowest BCUT2D eigenvalue weighted by molar-refractivity contribution is -0.187. The zero-order chi connectivity index (χ0) is 13.0. The molecule has 0 aromatic heterocycles. The van der Waals surface area contributed by atoms with Gasteiger partial charge in [0.15, 0.2) is 5.79 Å². The molecule has 0 aliphatic carbocycles. The molecule has 1 amide bonds. The number of hydrogen-bond donors (Lipinski definition) is 0. The van der Waals surface area contributed by atoms with E-state index < -0.39 is 0 Å². The van der Waals surface area contributed by atoms with Crippen LogP contribution in [0.4, 0.5) is 0 Å². The number of piperidine rings is 1. The van der Waals surface area contributed by atoms with Gasteiger partial charge in [0.05, 0.1) is 18.0 Å². The number of alkyl halides is 1. The van der Waals surface area contributed by atoms with Gasteiger partial charge in [-0.25, -0.2) is 0 Å². The second kappa shape index (κ2) is 6.35. The lowest BCUT2D eigenvalue weighted by Crippen LogP contribution is -2.49. The van der Waals surface area contributed by atoms with Gasteiger partial charge in [-0.1, -0.05) is 35.7 Å². The van der Waals surface area contributed by atoms with Crippen molar-refractivity contribution in [2.24, 2.45) is 0 Å². The Morgan fingerprint density at radius 3 is 2.50 bits per heavy atom. The maximum absolute atomic E-state index is 12.2. The second-order valence-electron chi connectivity index (χ2n) is 5.04. The van der Waals surface area contributed by atoms with E-state index in [0.29, 0.717) is 13.2 Å². The lowest BCUT2D eigenvalue weighted by atomic mass is 10.0. The van der Waals surface area contributed by atoms with Crippen molar-refractivity contribution in [3.8, 4) is 0 Å². The Labute approximate surface area is 117 Å². The average Bonchev–Trinajstić information content (AvgIpc) is 2.84. The highest BCUT2D eigenvalue weighted by Crippen LogP contribution is 2.31. The molecule has 0 aromatic rings. The van der Waals surface area contributed by atoms with Crippen LogP contribution in [0.1, 0.15) is 39.0 Å². The van der Waals surface area contributed by atoms with Gasteiger partial charge >= 0.3 is 0 Å². The van der Waals surface area contributed by atoms with Crippen LogP contribution in [0.25, 0.3) is 0 Å². The monoisotopic (exact) mass is 319 g/mol. The average molecular weight is 320 g/mol. The Bertz CT molecular complexity index is 282. The summed E-state index contributed by atoms with van der Waals surface area (Å²) in [5.41, 5.74) is 0. The van der Waals surface area contributed by atoms with E-state index in [-0.39, 0.29) is 16.5 Å². The molecule has 4 nitrogen and oxygen atoms in total. The number of amides is 1. The topological polar surface area (TPSA) is 38.8 Å². The summed E-state index contributed by atoms with van der Waals surface area (Å²) in [4.78, 5) is 14.1. The molecule has 0 N–H and O–H groups in total. The molecule has 1 unspecified atom stereocenters. The number of halogens is 1. The van der Waals surface area contributed by atoms with Gasteiger partial charge in [0.1, 0.15) is 0 Å². The number of carbonyl (C=O) groups is 1. The minimum Gasteiger partial charge on any atom is -0.347 e. The molecule has 0 bridgehead atoms. The van der Waals surface area contributed by atoms with Crippen LogP contribution in [0.3, 0.4) is 0 Å². The minimum atomic E-state index is -0.387. The highest BCUT2D eigenvalue weighted by atomic mass is 79.9. The normalized spacial score (nSPS) is 24.4. The molecule has 2 aliphatic rings. The van der Waals surface area contributed by atoms with Gasteiger partial charge in [-0.2, -0.15) is 0 Å². The maximum atomic E-state index is 12.2. The summed E-state index contributed by atoms with van der Waals surface area (Å²) in [7, 11) is 0. The molecule has 1 atom stereocenters. The van der Waals surface area contributed by atoms with Crippen molar-refractivity contribution in [1.29, 1.82) is 0 Å². The number of ether oxygens (including phenoxy) is 2. The van der Waals surface area contributed by atoms with E-state index in [1.165, 1.54) is 0 Å². The number of hydrogen-bond acceptors (Lipinski definition) is 3. The Kier molecular flexibility index (Phi) is 5.04. The van der Waals surface area contributed by atoms with Crippen LogP contribution >= 0.6 is 15.9 Å². The Balaban J connectivity index is 1.79. The van der Waals surface area contributed by atoms with Gasteiger partial charge in [0.25, 0.3) is 0 Å². The van der Waals surface area contributed by atoms with Crippen molar-refractivity contribution in [2.75, 3.05) is 26.3 Å². The van der Waals surface area contributed by atoms with Gasteiger partial charge in [0, 0.05) is 25.9 Å². The molecule has 0 saturated carbocycles. The first-order valence-corrected chi connectivity index (χ1v) is 7.79. The highest BCUT2D eigenvalue weighted by Gasteiger charge is 2.41. The molecule has 0 aromatic carbocycles. The van der Waals surface area contributed by atoms with Crippen molar-refractivity contribution >= 4 is 21.8 Å².